The molecule has 160 valence electrons. The van der Waals surface area contributed by atoms with Gasteiger partial charge in [-0.1, -0.05) is 40.2 Å². The number of hydrogen-bond acceptors (Lipinski definition) is 4. The molecule has 1 heterocycles. The summed E-state index contributed by atoms with van der Waals surface area (Å²) in [5.74, 6) is -0.729. The summed E-state index contributed by atoms with van der Waals surface area (Å²) in [6, 6.07) is -0.902. The molecule has 3 atom stereocenters. The molecule has 1 aliphatic rings. The molecule has 0 aromatic rings. The van der Waals surface area contributed by atoms with E-state index in [0.29, 0.717) is 5.92 Å². The number of amides is 2. The predicted octanol–water partition coefficient (Wildman–Crippen LogP) is 2.13. The van der Waals surface area contributed by atoms with Crippen molar-refractivity contribution in [1.82, 2.24) is 15.1 Å². The Hall–Kier alpha value is -1.89. The third-order valence-electron chi connectivity index (χ3n) is 5.59. The van der Waals surface area contributed by atoms with Crippen molar-refractivity contribution in [3.05, 3.63) is 11.6 Å². The number of nitrogens with zero attached hydrogens (tertiary/aromatic N) is 2. The fourth-order valence-electron chi connectivity index (χ4n) is 3.46. The maximum Gasteiger partial charge on any atom is 0.331 e. The average Bonchev–Trinajstić information content (AvgIpc) is 2.61. The number of carbonyl (C=O) groups excluding carboxylic acids is 2. The van der Waals surface area contributed by atoms with E-state index in [2.05, 4.69) is 17.1 Å². The molecule has 0 aromatic heterocycles. The van der Waals surface area contributed by atoms with Gasteiger partial charge in [-0.05, 0) is 38.1 Å². The second kappa shape index (κ2) is 10.0. The van der Waals surface area contributed by atoms with Crippen LogP contribution in [0.2, 0.25) is 0 Å². The van der Waals surface area contributed by atoms with Gasteiger partial charge in [0.15, 0.2) is 0 Å². The Kier molecular flexibility index (Phi) is 8.67. The highest BCUT2D eigenvalue weighted by molar-refractivity contribution is 5.90. The molecule has 1 saturated heterocycles. The van der Waals surface area contributed by atoms with Crippen LogP contribution >= 0.6 is 0 Å². The molecular formula is C21H37N3O4. The van der Waals surface area contributed by atoms with Crippen LogP contribution in [0.4, 0.5) is 0 Å². The number of carbonyl (C=O) groups is 3. The number of rotatable bonds is 7. The monoisotopic (exact) mass is 395 g/mol. The van der Waals surface area contributed by atoms with Gasteiger partial charge < -0.3 is 15.3 Å². The minimum Gasteiger partial charge on any atom is -0.478 e. The van der Waals surface area contributed by atoms with Gasteiger partial charge in [0.05, 0.1) is 6.04 Å². The lowest BCUT2D eigenvalue weighted by Gasteiger charge is -2.39. The molecule has 1 aliphatic heterocycles. The first kappa shape index (κ1) is 24.1. The van der Waals surface area contributed by atoms with Gasteiger partial charge in [0.2, 0.25) is 11.8 Å². The van der Waals surface area contributed by atoms with Crippen LogP contribution in [0.5, 0.6) is 0 Å². The number of aliphatic carboxylic acids is 1. The van der Waals surface area contributed by atoms with Gasteiger partial charge in [-0.3, -0.25) is 14.5 Å². The standard InChI is InChI=1S/C21H37N3O4/c1-8-15-9-10-16(24(7)13-15)18(25)22-17(21(3,4)5)19(26)23(6)12-11-14(2)20(27)28/h11,15-17H,8-10,12-13H2,1-7H3,(H,22,25)(H,27,28)/b14-11+. The van der Waals surface area contributed by atoms with E-state index in [1.807, 2.05) is 27.8 Å². The number of nitrogens with one attached hydrogen (secondary N) is 1. The van der Waals surface area contributed by atoms with E-state index >= 15 is 0 Å². The first-order chi connectivity index (χ1) is 12.9. The number of carboxylic acid groups (broad SMARTS) is 1. The molecule has 3 unspecified atom stereocenters. The Balaban J connectivity index is 2.85. The van der Waals surface area contributed by atoms with Crippen LogP contribution in [-0.2, 0) is 14.4 Å². The molecular weight excluding hydrogens is 358 g/mol. The summed E-state index contributed by atoms with van der Waals surface area (Å²) in [5.41, 5.74) is -0.281. The summed E-state index contributed by atoms with van der Waals surface area (Å²) in [6.07, 6.45) is 4.42. The lowest BCUT2D eigenvalue weighted by atomic mass is 9.85. The largest absolute Gasteiger partial charge is 0.478 e. The van der Waals surface area contributed by atoms with Gasteiger partial charge >= 0.3 is 5.97 Å². The highest BCUT2D eigenvalue weighted by atomic mass is 16.4. The Bertz CT molecular complexity index is 609. The van der Waals surface area contributed by atoms with Crippen LogP contribution in [0.25, 0.3) is 0 Å². The molecule has 0 saturated carbocycles. The minimum absolute atomic E-state index is 0.115. The quantitative estimate of drug-likeness (QED) is 0.645. The van der Waals surface area contributed by atoms with Crippen LogP contribution in [0.15, 0.2) is 11.6 Å². The second-order valence-electron chi connectivity index (χ2n) is 9.03. The van der Waals surface area contributed by atoms with Crippen LogP contribution in [0, 0.1) is 11.3 Å². The molecule has 1 fully saturated rings. The molecule has 1 rings (SSSR count). The van der Waals surface area contributed by atoms with Crippen LogP contribution in [0.3, 0.4) is 0 Å². The predicted molar refractivity (Wildman–Crippen MR) is 110 cm³/mol. The molecule has 7 nitrogen and oxygen atoms in total. The molecule has 0 spiro atoms. The highest BCUT2D eigenvalue weighted by Crippen LogP contribution is 2.25. The van der Waals surface area contributed by atoms with Crippen molar-refractivity contribution in [2.75, 3.05) is 27.2 Å². The summed E-state index contributed by atoms with van der Waals surface area (Å²) < 4.78 is 0. The molecule has 28 heavy (non-hydrogen) atoms. The van der Waals surface area contributed by atoms with Gasteiger partial charge in [0.1, 0.15) is 6.04 Å². The maximum absolute atomic E-state index is 13.0. The first-order valence-electron chi connectivity index (χ1n) is 10.0. The summed E-state index contributed by atoms with van der Waals surface area (Å²) in [6.45, 7) is 10.5. The third-order valence-corrected chi connectivity index (χ3v) is 5.59. The van der Waals surface area contributed by atoms with Crippen molar-refractivity contribution in [2.45, 2.75) is 66.0 Å². The van der Waals surface area contributed by atoms with E-state index in [0.717, 1.165) is 25.8 Å². The number of carboxylic acids is 1. The van der Waals surface area contributed by atoms with Crippen molar-refractivity contribution in [2.24, 2.45) is 11.3 Å². The lowest BCUT2D eigenvalue weighted by Crippen LogP contribution is -2.58. The van der Waals surface area contributed by atoms with E-state index in [1.54, 1.807) is 7.05 Å². The van der Waals surface area contributed by atoms with Crippen molar-refractivity contribution in [3.63, 3.8) is 0 Å². The normalized spacial score (nSPS) is 22.5. The lowest BCUT2D eigenvalue weighted by molar-refractivity contribution is -0.140. The van der Waals surface area contributed by atoms with E-state index in [1.165, 1.54) is 17.9 Å². The number of likely N-dealkylation sites (N-methyl/N-ethyl adjacent to an activating group) is 2. The van der Waals surface area contributed by atoms with E-state index < -0.39 is 17.4 Å². The van der Waals surface area contributed by atoms with Crippen molar-refractivity contribution < 1.29 is 19.5 Å². The third kappa shape index (κ3) is 6.62. The summed E-state index contributed by atoms with van der Waals surface area (Å²) in [5, 5.41) is 11.9. The van der Waals surface area contributed by atoms with Crippen LogP contribution < -0.4 is 5.32 Å². The van der Waals surface area contributed by atoms with E-state index in [-0.39, 0.29) is 30.0 Å². The topological polar surface area (TPSA) is 90.0 Å². The van der Waals surface area contributed by atoms with Gasteiger partial charge in [-0.25, -0.2) is 4.79 Å². The van der Waals surface area contributed by atoms with Gasteiger partial charge in [0.25, 0.3) is 0 Å². The fourth-order valence-corrected chi connectivity index (χ4v) is 3.46. The highest BCUT2D eigenvalue weighted by Gasteiger charge is 2.38. The molecule has 0 aromatic carbocycles. The average molecular weight is 396 g/mol. The Morgan fingerprint density at radius 1 is 1.29 bits per heavy atom. The van der Waals surface area contributed by atoms with Crippen LogP contribution in [0.1, 0.15) is 53.9 Å². The van der Waals surface area contributed by atoms with E-state index in [9.17, 15) is 14.4 Å². The molecule has 7 heteroatoms. The zero-order valence-electron chi connectivity index (χ0n) is 18.4. The Labute approximate surface area is 169 Å². The summed E-state index contributed by atoms with van der Waals surface area (Å²) in [7, 11) is 3.59. The SMILES string of the molecule is CCC1CCC(C(=O)NC(C(=O)N(C)C/C=C(\C)C(=O)O)C(C)(C)C)N(C)C1. The minimum atomic E-state index is -1.01. The molecule has 2 N–H and O–H groups in total. The van der Waals surface area contributed by atoms with Gasteiger partial charge in [-0.15, -0.1) is 0 Å². The van der Waals surface area contributed by atoms with Crippen molar-refractivity contribution >= 4 is 17.8 Å². The molecule has 0 radical (unpaired) electrons. The maximum atomic E-state index is 13.0. The zero-order chi connectivity index (χ0) is 21.6. The second-order valence-corrected chi connectivity index (χ2v) is 9.03. The summed E-state index contributed by atoms with van der Waals surface area (Å²) in [4.78, 5) is 40.4. The van der Waals surface area contributed by atoms with E-state index in [4.69, 9.17) is 5.11 Å². The first-order valence-corrected chi connectivity index (χ1v) is 10.0. The Morgan fingerprint density at radius 3 is 2.36 bits per heavy atom. The fraction of sp³-hybridized carbons (Fsp3) is 0.762. The van der Waals surface area contributed by atoms with Gasteiger partial charge in [-0.2, -0.15) is 0 Å². The molecule has 0 aliphatic carbocycles. The number of likely N-dealkylation sites (tertiary alicyclic amines) is 1. The zero-order valence-corrected chi connectivity index (χ0v) is 18.4. The van der Waals surface area contributed by atoms with Crippen LogP contribution in [-0.4, -0.2) is 72.0 Å². The van der Waals surface area contributed by atoms with Crippen molar-refractivity contribution in [3.8, 4) is 0 Å². The molecule has 0 bridgehead atoms. The van der Waals surface area contributed by atoms with Crippen molar-refractivity contribution in [1.29, 1.82) is 0 Å². The number of hydrogen-bond donors (Lipinski definition) is 2. The van der Waals surface area contributed by atoms with Gasteiger partial charge in [0, 0.05) is 25.7 Å². The smallest absolute Gasteiger partial charge is 0.331 e. The molecule has 2 amide bonds. The summed E-state index contributed by atoms with van der Waals surface area (Å²) >= 11 is 0. The number of piperidine rings is 1. The Morgan fingerprint density at radius 2 is 1.89 bits per heavy atom.